The second kappa shape index (κ2) is 10.1. The van der Waals surface area contributed by atoms with Crippen molar-refractivity contribution >= 4 is 18.0 Å². The van der Waals surface area contributed by atoms with E-state index in [9.17, 15) is 19.5 Å². The molecule has 2 aliphatic rings. The van der Waals surface area contributed by atoms with Gasteiger partial charge in [0, 0.05) is 19.0 Å². The molecule has 186 valence electrons. The Morgan fingerprint density at radius 3 is 2.11 bits per heavy atom. The minimum absolute atomic E-state index is 0.0346. The molecule has 0 spiro atoms. The molecule has 4 rings (SSSR count). The molecular weight excluding hydrogens is 444 g/mol. The van der Waals surface area contributed by atoms with E-state index in [1.807, 2.05) is 31.2 Å². The lowest BCUT2D eigenvalue weighted by atomic mass is 9.83. The number of carboxylic acids is 1. The molecule has 2 amide bonds. The van der Waals surface area contributed by atoms with E-state index in [1.54, 1.807) is 6.92 Å². The normalized spacial score (nSPS) is 17.7. The predicted molar refractivity (Wildman–Crippen MR) is 133 cm³/mol. The number of aliphatic carboxylic acids is 1. The summed E-state index contributed by atoms with van der Waals surface area (Å²) in [6, 6.07) is 16.3. The number of amides is 2. The SMILES string of the molecule is CCC(C)(CNC(=O)OCC1c2ccccc2-c2ccccc21)C(=O)NCC1(C(=O)O)CCCC1. The van der Waals surface area contributed by atoms with Crippen molar-refractivity contribution in [3.63, 3.8) is 0 Å². The number of carboxylic acid groups (broad SMARTS) is 1. The summed E-state index contributed by atoms with van der Waals surface area (Å²) in [7, 11) is 0. The summed E-state index contributed by atoms with van der Waals surface area (Å²) in [4.78, 5) is 37.3. The molecule has 2 aliphatic carbocycles. The minimum Gasteiger partial charge on any atom is -0.481 e. The third-order valence-electron chi connectivity index (χ3n) is 7.90. The van der Waals surface area contributed by atoms with E-state index in [4.69, 9.17) is 4.74 Å². The lowest BCUT2D eigenvalue weighted by Crippen LogP contribution is -2.50. The van der Waals surface area contributed by atoms with Crippen LogP contribution in [0.3, 0.4) is 0 Å². The highest BCUT2D eigenvalue weighted by Gasteiger charge is 2.43. The fraction of sp³-hybridized carbons (Fsp3) is 0.464. The molecule has 0 saturated heterocycles. The Bertz CT molecular complexity index is 1060. The fourth-order valence-corrected chi connectivity index (χ4v) is 5.26. The quantitative estimate of drug-likeness (QED) is 0.484. The summed E-state index contributed by atoms with van der Waals surface area (Å²) >= 11 is 0. The molecule has 1 unspecified atom stereocenters. The molecule has 0 radical (unpaired) electrons. The van der Waals surface area contributed by atoms with E-state index >= 15 is 0 Å². The summed E-state index contributed by atoms with van der Waals surface area (Å²) in [5.74, 6) is -1.15. The van der Waals surface area contributed by atoms with Crippen molar-refractivity contribution in [1.29, 1.82) is 0 Å². The molecular formula is C28H34N2O5. The summed E-state index contributed by atoms with van der Waals surface area (Å²) in [6.45, 7) is 4.07. The van der Waals surface area contributed by atoms with Crippen LogP contribution in [0.15, 0.2) is 48.5 Å². The maximum absolute atomic E-state index is 13.0. The second-order valence-electron chi connectivity index (χ2n) is 10.1. The monoisotopic (exact) mass is 478 g/mol. The van der Waals surface area contributed by atoms with E-state index in [1.165, 1.54) is 0 Å². The zero-order chi connectivity index (χ0) is 25.1. The number of hydrogen-bond donors (Lipinski definition) is 3. The fourth-order valence-electron chi connectivity index (χ4n) is 5.26. The van der Waals surface area contributed by atoms with Crippen LogP contribution in [-0.4, -0.2) is 42.8 Å². The molecule has 2 aromatic carbocycles. The second-order valence-corrected chi connectivity index (χ2v) is 10.1. The number of nitrogens with one attached hydrogen (secondary N) is 2. The zero-order valence-corrected chi connectivity index (χ0v) is 20.4. The van der Waals surface area contributed by atoms with Crippen LogP contribution in [0.1, 0.15) is 63.0 Å². The first-order valence-electron chi connectivity index (χ1n) is 12.4. The van der Waals surface area contributed by atoms with Gasteiger partial charge in [0.15, 0.2) is 0 Å². The lowest BCUT2D eigenvalue weighted by Gasteiger charge is -2.30. The third kappa shape index (κ3) is 4.90. The van der Waals surface area contributed by atoms with Crippen molar-refractivity contribution in [3.05, 3.63) is 59.7 Å². The number of carbonyl (C=O) groups is 3. The Morgan fingerprint density at radius 1 is 1.00 bits per heavy atom. The summed E-state index contributed by atoms with van der Waals surface area (Å²) in [6.07, 6.45) is 2.78. The summed E-state index contributed by atoms with van der Waals surface area (Å²) in [5, 5.41) is 15.3. The molecule has 1 fully saturated rings. The molecule has 0 bridgehead atoms. The maximum Gasteiger partial charge on any atom is 0.407 e. The van der Waals surface area contributed by atoms with Crippen LogP contribution in [0.25, 0.3) is 11.1 Å². The number of carbonyl (C=O) groups excluding carboxylic acids is 2. The first-order valence-corrected chi connectivity index (χ1v) is 12.4. The smallest absolute Gasteiger partial charge is 0.407 e. The standard InChI is InChI=1S/C28H34N2O5/c1-3-27(2,24(31)29-18-28(25(32)33)14-8-9-15-28)17-30-26(34)35-16-23-21-12-6-4-10-19(21)20-11-5-7-13-22(20)23/h4-7,10-13,23H,3,8-9,14-18H2,1-2H3,(H,29,31)(H,30,34)(H,32,33). The molecule has 0 heterocycles. The van der Waals surface area contributed by atoms with Gasteiger partial charge in [-0.1, -0.05) is 68.3 Å². The van der Waals surface area contributed by atoms with Crippen molar-refractivity contribution < 1.29 is 24.2 Å². The predicted octanol–water partition coefficient (Wildman–Crippen LogP) is 4.70. The molecule has 1 saturated carbocycles. The van der Waals surface area contributed by atoms with Crippen LogP contribution in [0.2, 0.25) is 0 Å². The van der Waals surface area contributed by atoms with Gasteiger partial charge in [-0.05, 0) is 48.4 Å². The zero-order valence-electron chi connectivity index (χ0n) is 20.4. The molecule has 0 aromatic heterocycles. The van der Waals surface area contributed by atoms with Gasteiger partial charge in [-0.2, -0.15) is 0 Å². The van der Waals surface area contributed by atoms with Gasteiger partial charge in [-0.3, -0.25) is 9.59 Å². The van der Waals surface area contributed by atoms with Gasteiger partial charge in [-0.15, -0.1) is 0 Å². The Balaban J connectivity index is 1.33. The average Bonchev–Trinajstić information content (AvgIpc) is 3.48. The molecule has 3 N–H and O–H groups in total. The molecule has 2 aromatic rings. The van der Waals surface area contributed by atoms with Crippen molar-refractivity contribution in [2.45, 2.75) is 51.9 Å². The van der Waals surface area contributed by atoms with Crippen LogP contribution in [0, 0.1) is 10.8 Å². The minimum atomic E-state index is -0.884. The van der Waals surface area contributed by atoms with Gasteiger partial charge in [-0.25, -0.2) is 4.79 Å². The van der Waals surface area contributed by atoms with Crippen LogP contribution in [0.4, 0.5) is 4.79 Å². The first-order chi connectivity index (χ1) is 16.8. The molecule has 7 nitrogen and oxygen atoms in total. The number of ether oxygens (including phenoxy) is 1. The highest BCUT2D eigenvalue weighted by Crippen LogP contribution is 2.44. The number of benzene rings is 2. The van der Waals surface area contributed by atoms with Gasteiger partial charge < -0.3 is 20.5 Å². The highest BCUT2D eigenvalue weighted by molar-refractivity contribution is 5.84. The largest absolute Gasteiger partial charge is 0.481 e. The van der Waals surface area contributed by atoms with E-state index < -0.39 is 22.9 Å². The van der Waals surface area contributed by atoms with Crippen molar-refractivity contribution in [3.8, 4) is 11.1 Å². The van der Waals surface area contributed by atoms with Crippen LogP contribution in [0.5, 0.6) is 0 Å². The summed E-state index contributed by atoms with van der Waals surface area (Å²) < 4.78 is 5.59. The Hall–Kier alpha value is -3.35. The van der Waals surface area contributed by atoms with Gasteiger partial charge in [0.2, 0.25) is 5.91 Å². The Labute approximate surface area is 206 Å². The molecule has 0 aliphatic heterocycles. The van der Waals surface area contributed by atoms with Gasteiger partial charge >= 0.3 is 12.1 Å². The van der Waals surface area contributed by atoms with Gasteiger partial charge in [0.1, 0.15) is 6.61 Å². The number of fused-ring (bicyclic) bond motifs is 3. The van der Waals surface area contributed by atoms with Gasteiger partial charge in [0.25, 0.3) is 0 Å². The topological polar surface area (TPSA) is 105 Å². The van der Waals surface area contributed by atoms with E-state index in [0.717, 1.165) is 35.1 Å². The number of hydrogen-bond acceptors (Lipinski definition) is 4. The van der Waals surface area contributed by atoms with Crippen LogP contribution >= 0.6 is 0 Å². The molecule has 35 heavy (non-hydrogen) atoms. The first kappa shape index (κ1) is 24.8. The summed E-state index contributed by atoms with van der Waals surface area (Å²) in [5.41, 5.74) is 2.84. The average molecular weight is 479 g/mol. The third-order valence-corrected chi connectivity index (χ3v) is 7.90. The van der Waals surface area contributed by atoms with Crippen molar-refractivity contribution in [2.75, 3.05) is 19.7 Å². The van der Waals surface area contributed by atoms with E-state index in [0.29, 0.717) is 19.3 Å². The van der Waals surface area contributed by atoms with Crippen LogP contribution in [-0.2, 0) is 14.3 Å². The molecule has 1 atom stereocenters. The maximum atomic E-state index is 13.0. The molecule has 7 heteroatoms. The van der Waals surface area contributed by atoms with Crippen molar-refractivity contribution in [1.82, 2.24) is 10.6 Å². The Kier molecular flexibility index (Phi) is 7.15. The van der Waals surface area contributed by atoms with Gasteiger partial charge in [0.05, 0.1) is 10.8 Å². The number of alkyl carbamates (subject to hydrolysis) is 1. The van der Waals surface area contributed by atoms with Crippen molar-refractivity contribution in [2.24, 2.45) is 10.8 Å². The lowest BCUT2D eigenvalue weighted by molar-refractivity contribution is -0.148. The number of rotatable bonds is 9. The van der Waals surface area contributed by atoms with E-state index in [-0.39, 0.29) is 31.5 Å². The van der Waals surface area contributed by atoms with E-state index in [2.05, 4.69) is 34.9 Å². The Morgan fingerprint density at radius 2 is 1.57 bits per heavy atom. The van der Waals surface area contributed by atoms with Crippen LogP contribution < -0.4 is 10.6 Å². The highest BCUT2D eigenvalue weighted by atomic mass is 16.5.